The molecule has 98 valence electrons. The molecule has 1 aliphatic heterocycles. The summed E-state index contributed by atoms with van der Waals surface area (Å²) in [5.74, 6) is -1.47. The first-order chi connectivity index (χ1) is 8.29. The van der Waals surface area contributed by atoms with Crippen LogP contribution in [0.25, 0.3) is 0 Å². The predicted octanol–water partition coefficient (Wildman–Crippen LogP) is 3.19. The van der Waals surface area contributed by atoms with Crippen molar-refractivity contribution in [1.82, 2.24) is 0 Å². The largest absolute Gasteiger partial charge is 0.416 e. The molecule has 0 radical (unpaired) electrons. The smallest absolute Gasteiger partial charge is 0.308 e. The molecule has 1 atom stereocenters. The van der Waals surface area contributed by atoms with Gasteiger partial charge in [0.2, 0.25) is 5.91 Å². The summed E-state index contributed by atoms with van der Waals surface area (Å²) < 4.78 is 50.6. The number of carbonyl (C=O) groups excluding carboxylic acids is 1. The second-order valence-electron chi connectivity index (χ2n) is 3.97. The van der Waals surface area contributed by atoms with Gasteiger partial charge in [-0.2, -0.15) is 13.2 Å². The van der Waals surface area contributed by atoms with Crippen molar-refractivity contribution in [2.45, 2.75) is 18.0 Å². The Balaban J connectivity index is 2.34. The molecule has 1 aromatic carbocycles. The molecule has 2 nitrogen and oxygen atoms in total. The molecule has 0 N–H and O–H groups in total. The lowest BCUT2D eigenvalue weighted by Crippen LogP contribution is -2.25. The molecule has 1 unspecified atom stereocenters. The van der Waals surface area contributed by atoms with E-state index in [1.807, 2.05) is 0 Å². The fraction of sp³-hybridized carbons (Fsp3) is 0.364. The minimum absolute atomic E-state index is 0.0576. The molecule has 0 spiro atoms. The molecule has 1 amide bonds. The van der Waals surface area contributed by atoms with Crippen molar-refractivity contribution in [3.05, 3.63) is 29.6 Å². The molecule has 0 bridgehead atoms. The van der Waals surface area contributed by atoms with Gasteiger partial charge in [0.15, 0.2) is 0 Å². The van der Waals surface area contributed by atoms with Crippen LogP contribution < -0.4 is 4.90 Å². The van der Waals surface area contributed by atoms with E-state index in [0.717, 1.165) is 17.0 Å². The van der Waals surface area contributed by atoms with E-state index in [9.17, 15) is 22.4 Å². The number of hydrogen-bond donors (Lipinski definition) is 0. The topological polar surface area (TPSA) is 20.3 Å². The van der Waals surface area contributed by atoms with Crippen LogP contribution in [0.1, 0.15) is 12.0 Å². The van der Waals surface area contributed by atoms with Crippen molar-refractivity contribution in [2.24, 2.45) is 0 Å². The maximum Gasteiger partial charge on any atom is 0.416 e. The van der Waals surface area contributed by atoms with E-state index in [1.165, 1.54) is 0 Å². The van der Waals surface area contributed by atoms with Crippen LogP contribution in [0.15, 0.2) is 18.2 Å². The van der Waals surface area contributed by atoms with Gasteiger partial charge in [0.1, 0.15) is 5.82 Å². The Labute approximate surface area is 105 Å². The quantitative estimate of drug-likeness (QED) is 0.572. The second kappa shape index (κ2) is 4.42. The van der Waals surface area contributed by atoms with E-state index >= 15 is 0 Å². The van der Waals surface area contributed by atoms with E-state index in [4.69, 9.17) is 11.6 Å². The lowest BCUT2D eigenvalue weighted by Gasteiger charge is -2.17. The standard InChI is InChI=1S/C11H8ClF4NO/c12-7-4-10(18)17(5-7)9-2-1-6(3-8(9)13)11(14,15)16/h1-3,7H,4-5H2. The van der Waals surface area contributed by atoms with Crippen molar-refractivity contribution in [1.29, 1.82) is 0 Å². The average Bonchev–Trinajstić information content (AvgIpc) is 2.56. The highest BCUT2D eigenvalue weighted by Gasteiger charge is 2.34. The number of halogens is 5. The molecule has 7 heteroatoms. The van der Waals surface area contributed by atoms with Crippen molar-refractivity contribution >= 4 is 23.2 Å². The SMILES string of the molecule is O=C1CC(Cl)CN1c1ccc(C(F)(F)F)cc1F. The first-order valence-corrected chi connectivity index (χ1v) is 5.54. The molecular formula is C11H8ClF4NO. The van der Waals surface area contributed by atoms with Gasteiger partial charge in [-0.1, -0.05) is 0 Å². The molecule has 1 saturated heterocycles. The second-order valence-corrected chi connectivity index (χ2v) is 4.59. The number of amides is 1. The molecule has 1 fully saturated rings. The zero-order chi connectivity index (χ0) is 13.5. The lowest BCUT2D eigenvalue weighted by molar-refractivity contribution is -0.137. The Kier molecular flexibility index (Phi) is 3.23. The Morgan fingerprint density at radius 3 is 2.44 bits per heavy atom. The van der Waals surface area contributed by atoms with Gasteiger partial charge in [-0.25, -0.2) is 4.39 Å². The van der Waals surface area contributed by atoms with Crippen molar-refractivity contribution in [3.63, 3.8) is 0 Å². The van der Waals surface area contributed by atoms with Crippen LogP contribution in [0.2, 0.25) is 0 Å². The van der Waals surface area contributed by atoms with E-state index in [0.29, 0.717) is 6.07 Å². The van der Waals surface area contributed by atoms with Gasteiger partial charge in [-0.05, 0) is 18.2 Å². The average molecular weight is 282 g/mol. The minimum atomic E-state index is -4.61. The first kappa shape index (κ1) is 13.1. The van der Waals surface area contributed by atoms with Gasteiger partial charge in [0, 0.05) is 13.0 Å². The molecule has 1 aromatic rings. The van der Waals surface area contributed by atoms with Crippen LogP contribution >= 0.6 is 11.6 Å². The molecule has 0 saturated carbocycles. The van der Waals surface area contributed by atoms with Gasteiger partial charge in [-0.3, -0.25) is 4.79 Å². The van der Waals surface area contributed by atoms with Gasteiger partial charge in [0.25, 0.3) is 0 Å². The summed E-state index contributed by atoms with van der Waals surface area (Å²) in [6.07, 6.45) is -4.55. The van der Waals surface area contributed by atoms with Gasteiger partial charge in [0.05, 0.1) is 16.6 Å². The van der Waals surface area contributed by atoms with E-state index in [-0.39, 0.29) is 18.7 Å². The summed E-state index contributed by atoms with van der Waals surface area (Å²) in [6.45, 7) is 0.0999. The number of alkyl halides is 4. The maximum absolute atomic E-state index is 13.6. The molecule has 18 heavy (non-hydrogen) atoms. The van der Waals surface area contributed by atoms with Gasteiger partial charge >= 0.3 is 6.18 Å². The van der Waals surface area contributed by atoms with Crippen molar-refractivity contribution in [2.75, 3.05) is 11.4 Å². The van der Waals surface area contributed by atoms with Crippen LogP contribution in [-0.4, -0.2) is 17.8 Å². The maximum atomic E-state index is 13.6. The van der Waals surface area contributed by atoms with Crippen LogP contribution in [-0.2, 0) is 11.0 Å². The van der Waals surface area contributed by atoms with Gasteiger partial charge in [-0.15, -0.1) is 11.6 Å². The Bertz CT molecular complexity index is 488. The monoisotopic (exact) mass is 281 g/mol. The zero-order valence-electron chi connectivity index (χ0n) is 8.97. The fourth-order valence-corrected chi connectivity index (χ4v) is 2.07. The minimum Gasteiger partial charge on any atom is -0.308 e. The molecule has 1 heterocycles. The summed E-state index contributed by atoms with van der Waals surface area (Å²) >= 11 is 5.74. The highest BCUT2D eigenvalue weighted by atomic mass is 35.5. The number of rotatable bonds is 1. The third-order valence-electron chi connectivity index (χ3n) is 2.64. The van der Waals surface area contributed by atoms with Gasteiger partial charge < -0.3 is 4.90 Å². The van der Waals surface area contributed by atoms with E-state index in [2.05, 4.69) is 0 Å². The van der Waals surface area contributed by atoms with Crippen LogP contribution in [0.4, 0.5) is 23.2 Å². The lowest BCUT2D eigenvalue weighted by atomic mass is 10.2. The Morgan fingerprint density at radius 2 is 2.00 bits per heavy atom. The van der Waals surface area contributed by atoms with Crippen molar-refractivity contribution < 1.29 is 22.4 Å². The highest BCUT2D eigenvalue weighted by molar-refractivity contribution is 6.24. The molecule has 2 rings (SSSR count). The Morgan fingerprint density at radius 1 is 1.33 bits per heavy atom. The van der Waals surface area contributed by atoms with Crippen LogP contribution in [0.5, 0.6) is 0 Å². The first-order valence-electron chi connectivity index (χ1n) is 5.10. The number of carbonyl (C=O) groups is 1. The summed E-state index contributed by atoms with van der Waals surface area (Å²) in [5.41, 5.74) is -1.26. The molecule has 1 aliphatic rings. The number of hydrogen-bond acceptors (Lipinski definition) is 1. The third-order valence-corrected chi connectivity index (χ3v) is 2.94. The number of benzene rings is 1. The molecular weight excluding hydrogens is 274 g/mol. The molecule has 0 aromatic heterocycles. The van der Waals surface area contributed by atoms with E-state index < -0.39 is 28.8 Å². The zero-order valence-corrected chi connectivity index (χ0v) is 9.72. The summed E-state index contributed by atoms with van der Waals surface area (Å²) in [5, 5.41) is -0.445. The fourth-order valence-electron chi connectivity index (χ4n) is 1.80. The normalized spacial score (nSPS) is 20.6. The number of nitrogens with zero attached hydrogens (tertiary/aromatic N) is 1. The Hall–Kier alpha value is -1.30. The van der Waals surface area contributed by atoms with Crippen molar-refractivity contribution in [3.8, 4) is 0 Å². The summed E-state index contributed by atoms with van der Waals surface area (Å²) in [4.78, 5) is 12.5. The van der Waals surface area contributed by atoms with Crippen LogP contribution in [0.3, 0.4) is 0 Å². The van der Waals surface area contributed by atoms with E-state index in [1.54, 1.807) is 0 Å². The molecule has 0 aliphatic carbocycles. The highest BCUT2D eigenvalue weighted by Crippen LogP contribution is 2.33. The summed E-state index contributed by atoms with van der Waals surface area (Å²) in [6, 6.07) is 2.07. The van der Waals surface area contributed by atoms with Crippen LogP contribution in [0, 0.1) is 5.82 Å². The predicted molar refractivity (Wildman–Crippen MR) is 58.0 cm³/mol. The summed E-state index contributed by atoms with van der Waals surface area (Å²) in [7, 11) is 0. The third kappa shape index (κ3) is 2.43. The number of anilines is 1.